The standard InChI is InChI=1S/C25H27N3O2/c1-2-16-29-19-28-17-24(21-12-14-27-15-13-21)25(26)22-8-10-23(11-9-22)30-18-20-6-4-3-5-7-20/h3-15,17H,2,16,18-19,26H2,1H3/b25-24+,28-17+. The van der Waals surface area contributed by atoms with E-state index in [-0.39, 0.29) is 0 Å². The number of hydrogen-bond donors (Lipinski definition) is 1. The minimum atomic E-state index is 0.308. The molecule has 30 heavy (non-hydrogen) atoms. The molecule has 0 atom stereocenters. The minimum absolute atomic E-state index is 0.308. The van der Waals surface area contributed by atoms with E-state index in [1.54, 1.807) is 18.6 Å². The summed E-state index contributed by atoms with van der Waals surface area (Å²) < 4.78 is 11.3. The van der Waals surface area contributed by atoms with Crippen LogP contribution in [0.15, 0.2) is 84.1 Å². The van der Waals surface area contributed by atoms with Gasteiger partial charge < -0.3 is 15.2 Å². The van der Waals surface area contributed by atoms with Crippen LogP contribution in [-0.4, -0.2) is 24.5 Å². The molecule has 0 amide bonds. The Morgan fingerprint density at radius 2 is 1.70 bits per heavy atom. The van der Waals surface area contributed by atoms with Crippen LogP contribution >= 0.6 is 0 Å². The van der Waals surface area contributed by atoms with Crippen molar-refractivity contribution in [3.8, 4) is 5.75 Å². The lowest BCUT2D eigenvalue weighted by atomic mass is 10.0. The quantitative estimate of drug-likeness (QED) is 0.386. The first-order valence-corrected chi connectivity index (χ1v) is 10.0. The first-order valence-electron chi connectivity index (χ1n) is 10.0. The van der Waals surface area contributed by atoms with Crippen molar-refractivity contribution in [2.75, 3.05) is 13.3 Å². The second kappa shape index (κ2) is 11.5. The molecular weight excluding hydrogens is 374 g/mol. The lowest BCUT2D eigenvalue weighted by molar-refractivity contribution is 0.143. The number of rotatable bonds is 10. The highest BCUT2D eigenvalue weighted by atomic mass is 16.5. The Bertz CT molecular complexity index is 953. The third-order valence-corrected chi connectivity index (χ3v) is 4.43. The van der Waals surface area contributed by atoms with Gasteiger partial charge in [0.25, 0.3) is 0 Å². The Hall–Kier alpha value is -3.44. The molecule has 0 saturated carbocycles. The number of pyridine rings is 1. The summed E-state index contributed by atoms with van der Waals surface area (Å²) in [5, 5.41) is 0. The van der Waals surface area contributed by atoms with Gasteiger partial charge in [0, 0.05) is 36.5 Å². The van der Waals surface area contributed by atoms with Gasteiger partial charge in [0.2, 0.25) is 0 Å². The number of nitrogens with zero attached hydrogens (tertiary/aromatic N) is 2. The maximum atomic E-state index is 6.51. The van der Waals surface area contributed by atoms with E-state index in [2.05, 4.69) is 16.9 Å². The number of hydrogen-bond acceptors (Lipinski definition) is 5. The largest absolute Gasteiger partial charge is 0.489 e. The Morgan fingerprint density at radius 3 is 2.40 bits per heavy atom. The average Bonchev–Trinajstić information content (AvgIpc) is 2.81. The van der Waals surface area contributed by atoms with E-state index in [9.17, 15) is 0 Å². The molecule has 0 radical (unpaired) electrons. The Balaban J connectivity index is 1.76. The summed E-state index contributed by atoms with van der Waals surface area (Å²) in [4.78, 5) is 8.47. The van der Waals surface area contributed by atoms with Gasteiger partial charge >= 0.3 is 0 Å². The second-order valence-electron chi connectivity index (χ2n) is 6.71. The SMILES string of the molecule is CCCOC/N=C/C(=C(\N)c1ccc(OCc2ccccc2)cc1)c1ccncc1. The number of aromatic nitrogens is 1. The lowest BCUT2D eigenvalue weighted by Crippen LogP contribution is -2.04. The van der Waals surface area contributed by atoms with Gasteiger partial charge in [0.05, 0.1) is 0 Å². The summed E-state index contributed by atoms with van der Waals surface area (Å²) in [6.45, 7) is 3.59. The zero-order valence-corrected chi connectivity index (χ0v) is 17.2. The van der Waals surface area contributed by atoms with Crippen molar-refractivity contribution in [3.63, 3.8) is 0 Å². The van der Waals surface area contributed by atoms with E-state index in [0.717, 1.165) is 34.4 Å². The molecule has 1 heterocycles. The Morgan fingerprint density at radius 1 is 0.967 bits per heavy atom. The summed E-state index contributed by atoms with van der Waals surface area (Å²) in [5.74, 6) is 0.794. The molecule has 0 aliphatic carbocycles. The van der Waals surface area contributed by atoms with Gasteiger partial charge in [-0.25, -0.2) is 0 Å². The molecule has 2 aromatic carbocycles. The van der Waals surface area contributed by atoms with Crippen molar-refractivity contribution in [3.05, 3.63) is 95.8 Å². The van der Waals surface area contributed by atoms with E-state index in [1.807, 2.05) is 66.7 Å². The molecule has 1 aromatic heterocycles. The molecule has 0 spiro atoms. The lowest BCUT2D eigenvalue weighted by Gasteiger charge is -2.11. The molecule has 154 valence electrons. The monoisotopic (exact) mass is 401 g/mol. The third kappa shape index (κ3) is 6.29. The average molecular weight is 402 g/mol. The van der Waals surface area contributed by atoms with Crippen LogP contribution in [0.3, 0.4) is 0 Å². The predicted octanol–water partition coefficient (Wildman–Crippen LogP) is 4.94. The number of nitrogens with two attached hydrogens (primary N) is 1. The zero-order valence-electron chi connectivity index (χ0n) is 17.2. The summed E-state index contributed by atoms with van der Waals surface area (Å²) in [5.41, 5.74) is 11.0. The number of benzene rings is 2. The summed E-state index contributed by atoms with van der Waals surface area (Å²) in [6.07, 6.45) is 6.21. The smallest absolute Gasteiger partial charge is 0.137 e. The first kappa shape index (κ1) is 21.3. The Kier molecular flexibility index (Phi) is 8.18. The fourth-order valence-electron chi connectivity index (χ4n) is 2.85. The highest BCUT2D eigenvalue weighted by molar-refractivity contribution is 6.18. The normalized spacial score (nSPS) is 12.0. The van der Waals surface area contributed by atoms with Crippen LogP contribution in [-0.2, 0) is 11.3 Å². The van der Waals surface area contributed by atoms with Crippen LogP contribution in [0.4, 0.5) is 0 Å². The topological polar surface area (TPSA) is 69.7 Å². The van der Waals surface area contributed by atoms with E-state index in [1.165, 1.54) is 0 Å². The molecule has 0 aliphatic heterocycles. The molecule has 5 heteroatoms. The summed E-state index contributed by atoms with van der Waals surface area (Å²) >= 11 is 0. The van der Waals surface area contributed by atoms with Crippen molar-refractivity contribution in [2.45, 2.75) is 20.0 Å². The van der Waals surface area contributed by atoms with Crippen LogP contribution in [0.2, 0.25) is 0 Å². The van der Waals surface area contributed by atoms with Gasteiger partial charge in [-0.15, -0.1) is 0 Å². The molecule has 0 bridgehead atoms. The molecule has 2 N–H and O–H groups in total. The van der Waals surface area contributed by atoms with Gasteiger partial charge in [-0.3, -0.25) is 9.98 Å². The van der Waals surface area contributed by atoms with Crippen molar-refractivity contribution >= 4 is 17.5 Å². The van der Waals surface area contributed by atoms with E-state index in [0.29, 0.717) is 25.6 Å². The van der Waals surface area contributed by atoms with Crippen LogP contribution in [0.1, 0.15) is 30.0 Å². The molecule has 3 aromatic rings. The third-order valence-electron chi connectivity index (χ3n) is 4.43. The van der Waals surface area contributed by atoms with Crippen molar-refractivity contribution in [1.29, 1.82) is 0 Å². The molecule has 0 saturated heterocycles. The van der Waals surface area contributed by atoms with E-state index in [4.69, 9.17) is 15.2 Å². The number of ether oxygens (including phenoxy) is 2. The molecular formula is C25H27N3O2. The second-order valence-corrected chi connectivity index (χ2v) is 6.71. The summed E-state index contributed by atoms with van der Waals surface area (Å²) in [6, 6.07) is 21.7. The number of aliphatic imine (C=N–C) groups is 1. The van der Waals surface area contributed by atoms with Gasteiger partial charge in [-0.05, 0) is 59.5 Å². The van der Waals surface area contributed by atoms with Gasteiger partial charge in [0.1, 0.15) is 19.1 Å². The van der Waals surface area contributed by atoms with E-state index < -0.39 is 0 Å². The highest BCUT2D eigenvalue weighted by Gasteiger charge is 2.08. The first-order chi connectivity index (χ1) is 14.8. The van der Waals surface area contributed by atoms with Crippen molar-refractivity contribution < 1.29 is 9.47 Å². The fourth-order valence-corrected chi connectivity index (χ4v) is 2.85. The minimum Gasteiger partial charge on any atom is -0.489 e. The molecule has 0 fully saturated rings. The van der Waals surface area contributed by atoms with E-state index >= 15 is 0 Å². The number of allylic oxidation sites excluding steroid dienone is 1. The van der Waals surface area contributed by atoms with Crippen molar-refractivity contribution in [2.24, 2.45) is 10.7 Å². The zero-order chi connectivity index (χ0) is 21.0. The van der Waals surface area contributed by atoms with Gasteiger partial charge in [-0.2, -0.15) is 0 Å². The molecule has 0 aliphatic rings. The van der Waals surface area contributed by atoms with Crippen LogP contribution in [0.5, 0.6) is 5.75 Å². The van der Waals surface area contributed by atoms with Crippen LogP contribution in [0.25, 0.3) is 11.3 Å². The summed E-state index contributed by atoms with van der Waals surface area (Å²) in [7, 11) is 0. The molecule has 3 rings (SSSR count). The molecule has 0 unspecified atom stereocenters. The van der Waals surface area contributed by atoms with Crippen LogP contribution in [0, 0.1) is 0 Å². The van der Waals surface area contributed by atoms with Gasteiger partial charge in [-0.1, -0.05) is 37.3 Å². The van der Waals surface area contributed by atoms with Crippen LogP contribution < -0.4 is 10.5 Å². The maximum absolute atomic E-state index is 6.51. The van der Waals surface area contributed by atoms with Crippen molar-refractivity contribution in [1.82, 2.24) is 4.98 Å². The maximum Gasteiger partial charge on any atom is 0.137 e. The molecule has 5 nitrogen and oxygen atoms in total. The van der Waals surface area contributed by atoms with Gasteiger partial charge in [0.15, 0.2) is 0 Å². The predicted molar refractivity (Wildman–Crippen MR) is 122 cm³/mol. The highest BCUT2D eigenvalue weighted by Crippen LogP contribution is 2.23. The Labute approximate surface area is 177 Å². The fraction of sp³-hybridized carbons (Fsp3) is 0.200.